The maximum Gasteiger partial charge on any atom is 0.304 e. The van der Waals surface area contributed by atoms with Gasteiger partial charge in [0.25, 0.3) is 0 Å². The van der Waals surface area contributed by atoms with Crippen LogP contribution in [-0.2, 0) is 4.79 Å². The van der Waals surface area contributed by atoms with Crippen molar-refractivity contribution < 1.29 is 9.90 Å². The summed E-state index contributed by atoms with van der Waals surface area (Å²) in [4.78, 5) is 10.7. The number of aliphatic carboxylic acids is 1. The van der Waals surface area contributed by atoms with Crippen LogP contribution in [0, 0.1) is 0 Å². The molecule has 0 aromatic heterocycles. The maximum atomic E-state index is 10.7. The topological polar surface area (TPSA) is 49.3 Å². The number of benzene rings is 2. The van der Waals surface area contributed by atoms with Crippen molar-refractivity contribution in [1.29, 1.82) is 0 Å². The molecule has 21 heavy (non-hydrogen) atoms. The predicted octanol–water partition coefficient (Wildman–Crippen LogP) is 3.27. The van der Waals surface area contributed by atoms with Crippen LogP contribution in [0.5, 0.6) is 0 Å². The Bertz CT molecular complexity index is 514. The van der Waals surface area contributed by atoms with Gasteiger partial charge in [-0.3, -0.25) is 4.79 Å². The molecule has 0 amide bonds. The number of hydrogen-bond acceptors (Lipinski definition) is 2. The van der Waals surface area contributed by atoms with Crippen molar-refractivity contribution in [3.63, 3.8) is 0 Å². The molecule has 3 heteroatoms. The van der Waals surface area contributed by atoms with Crippen molar-refractivity contribution in [2.24, 2.45) is 0 Å². The highest BCUT2D eigenvalue weighted by Crippen LogP contribution is 2.27. The fourth-order valence-electron chi connectivity index (χ4n) is 2.62. The van der Waals surface area contributed by atoms with E-state index in [1.807, 2.05) is 36.4 Å². The monoisotopic (exact) mass is 283 g/mol. The third kappa shape index (κ3) is 4.43. The lowest BCUT2D eigenvalue weighted by Crippen LogP contribution is -2.34. The van der Waals surface area contributed by atoms with Gasteiger partial charge < -0.3 is 10.4 Å². The molecule has 0 aliphatic rings. The molecule has 0 saturated heterocycles. The van der Waals surface area contributed by atoms with Crippen LogP contribution in [0.2, 0.25) is 0 Å². The number of nitrogens with one attached hydrogen (secondary N) is 1. The van der Waals surface area contributed by atoms with Crippen LogP contribution >= 0.6 is 0 Å². The molecule has 0 fully saturated rings. The van der Waals surface area contributed by atoms with E-state index >= 15 is 0 Å². The van der Waals surface area contributed by atoms with E-state index in [1.165, 1.54) is 11.1 Å². The minimum Gasteiger partial charge on any atom is -0.481 e. The molecule has 0 aliphatic heterocycles. The second-order valence-corrected chi connectivity index (χ2v) is 5.19. The van der Waals surface area contributed by atoms with E-state index < -0.39 is 5.97 Å². The largest absolute Gasteiger partial charge is 0.481 e. The summed E-state index contributed by atoms with van der Waals surface area (Å²) in [7, 11) is 0. The molecule has 2 aromatic carbocycles. The SMILES string of the molecule is CC(NCCC(=O)O)C(c1ccccc1)c1ccccc1. The number of rotatable bonds is 7. The Kier molecular flexibility index (Phi) is 5.52. The molecule has 2 rings (SSSR count). The molecule has 1 unspecified atom stereocenters. The number of carboxylic acids is 1. The predicted molar refractivity (Wildman–Crippen MR) is 84.4 cm³/mol. The molecular weight excluding hydrogens is 262 g/mol. The van der Waals surface area contributed by atoms with Crippen molar-refractivity contribution >= 4 is 5.97 Å². The van der Waals surface area contributed by atoms with Crippen LogP contribution in [0.25, 0.3) is 0 Å². The van der Waals surface area contributed by atoms with Crippen molar-refractivity contribution in [3.05, 3.63) is 71.8 Å². The summed E-state index contributed by atoms with van der Waals surface area (Å²) in [6.45, 7) is 2.58. The first kappa shape index (κ1) is 15.3. The zero-order chi connectivity index (χ0) is 15.1. The third-order valence-corrected chi connectivity index (χ3v) is 3.62. The summed E-state index contributed by atoms with van der Waals surface area (Å²) >= 11 is 0. The highest BCUT2D eigenvalue weighted by atomic mass is 16.4. The first-order valence-electron chi connectivity index (χ1n) is 7.23. The minimum absolute atomic E-state index is 0.140. The molecule has 110 valence electrons. The normalized spacial score (nSPS) is 12.3. The molecule has 0 aliphatic carbocycles. The molecule has 2 aromatic rings. The van der Waals surface area contributed by atoms with Crippen LogP contribution in [0.1, 0.15) is 30.4 Å². The highest BCUT2D eigenvalue weighted by molar-refractivity contribution is 5.66. The summed E-state index contributed by atoms with van der Waals surface area (Å²) < 4.78 is 0. The molecule has 1 atom stereocenters. The Morgan fingerprint density at radius 3 is 1.90 bits per heavy atom. The maximum absolute atomic E-state index is 10.7. The third-order valence-electron chi connectivity index (χ3n) is 3.62. The second kappa shape index (κ2) is 7.60. The molecule has 0 radical (unpaired) electrons. The molecule has 0 spiro atoms. The van der Waals surface area contributed by atoms with Gasteiger partial charge in [0.1, 0.15) is 0 Å². The Balaban J connectivity index is 2.18. The van der Waals surface area contributed by atoms with Gasteiger partial charge in [-0.2, -0.15) is 0 Å². The van der Waals surface area contributed by atoms with Crippen molar-refractivity contribution in [2.75, 3.05) is 6.54 Å². The van der Waals surface area contributed by atoms with E-state index in [0.29, 0.717) is 6.54 Å². The van der Waals surface area contributed by atoms with Crippen LogP contribution in [0.15, 0.2) is 60.7 Å². The Labute approximate surface area is 125 Å². The van der Waals surface area contributed by atoms with Gasteiger partial charge in [0, 0.05) is 18.5 Å². The quantitative estimate of drug-likeness (QED) is 0.820. The molecule has 3 nitrogen and oxygen atoms in total. The van der Waals surface area contributed by atoms with Gasteiger partial charge in [0.05, 0.1) is 6.42 Å². The van der Waals surface area contributed by atoms with Crippen LogP contribution in [-0.4, -0.2) is 23.7 Å². The Morgan fingerprint density at radius 1 is 1.00 bits per heavy atom. The zero-order valence-electron chi connectivity index (χ0n) is 12.2. The lowest BCUT2D eigenvalue weighted by Gasteiger charge is -2.26. The second-order valence-electron chi connectivity index (χ2n) is 5.19. The molecule has 2 N–H and O–H groups in total. The van der Waals surface area contributed by atoms with Crippen molar-refractivity contribution in [1.82, 2.24) is 5.32 Å². The van der Waals surface area contributed by atoms with E-state index in [9.17, 15) is 4.79 Å². The average molecular weight is 283 g/mol. The summed E-state index contributed by atoms with van der Waals surface area (Å²) in [6, 6.07) is 20.8. The van der Waals surface area contributed by atoms with Gasteiger partial charge in [0.15, 0.2) is 0 Å². The number of hydrogen-bond donors (Lipinski definition) is 2. The van der Waals surface area contributed by atoms with E-state index in [0.717, 1.165) is 0 Å². The Morgan fingerprint density at radius 2 is 1.48 bits per heavy atom. The summed E-state index contributed by atoms with van der Waals surface area (Å²) in [5, 5.41) is 12.1. The number of carbonyl (C=O) groups is 1. The lowest BCUT2D eigenvalue weighted by atomic mass is 9.86. The highest BCUT2D eigenvalue weighted by Gasteiger charge is 2.20. The van der Waals surface area contributed by atoms with Crippen molar-refractivity contribution in [3.8, 4) is 0 Å². The summed E-state index contributed by atoms with van der Waals surface area (Å²) in [5.41, 5.74) is 2.47. The van der Waals surface area contributed by atoms with Crippen LogP contribution in [0.3, 0.4) is 0 Å². The lowest BCUT2D eigenvalue weighted by molar-refractivity contribution is -0.136. The van der Waals surface area contributed by atoms with Crippen LogP contribution < -0.4 is 5.32 Å². The summed E-state index contributed by atoms with van der Waals surface area (Å²) in [5.74, 6) is -0.563. The van der Waals surface area contributed by atoms with Gasteiger partial charge in [-0.15, -0.1) is 0 Å². The molecular formula is C18H21NO2. The zero-order valence-corrected chi connectivity index (χ0v) is 12.2. The first-order chi connectivity index (χ1) is 10.2. The van der Waals surface area contributed by atoms with Gasteiger partial charge in [0.2, 0.25) is 0 Å². The van der Waals surface area contributed by atoms with E-state index in [1.54, 1.807) is 0 Å². The van der Waals surface area contributed by atoms with Gasteiger partial charge in [-0.25, -0.2) is 0 Å². The first-order valence-corrected chi connectivity index (χ1v) is 7.23. The minimum atomic E-state index is -0.773. The fourth-order valence-corrected chi connectivity index (χ4v) is 2.62. The van der Waals surface area contributed by atoms with E-state index in [4.69, 9.17) is 5.11 Å². The van der Waals surface area contributed by atoms with E-state index in [-0.39, 0.29) is 18.4 Å². The molecule has 0 bridgehead atoms. The molecule has 0 heterocycles. The van der Waals surface area contributed by atoms with Gasteiger partial charge in [-0.05, 0) is 18.1 Å². The molecule has 0 saturated carbocycles. The van der Waals surface area contributed by atoms with Crippen molar-refractivity contribution in [2.45, 2.75) is 25.3 Å². The van der Waals surface area contributed by atoms with Gasteiger partial charge in [-0.1, -0.05) is 60.7 Å². The fraction of sp³-hybridized carbons (Fsp3) is 0.278. The van der Waals surface area contributed by atoms with Crippen LogP contribution in [0.4, 0.5) is 0 Å². The van der Waals surface area contributed by atoms with Gasteiger partial charge >= 0.3 is 5.97 Å². The number of carboxylic acid groups (broad SMARTS) is 1. The van der Waals surface area contributed by atoms with E-state index in [2.05, 4.69) is 36.5 Å². The Hall–Kier alpha value is -2.13. The summed E-state index contributed by atoms with van der Waals surface area (Å²) in [6.07, 6.45) is 0.140. The average Bonchev–Trinajstić information content (AvgIpc) is 2.49. The standard InChI is InChI=1S/C18H21NO2/c1-14(19-13-12-17(20)21)18(15-8-4-2-5-9-15)16-10-6-3-7-11-16/h2-11,14,18-19H,12-13H2,1H3,(H,20,21). The smallest absolute Gasteiger partial charge is 0.304 e.